The molecule has 1 aromatic rings. The highest BCUT2D eigenvalue weighted by Gasteiger charge is 2.17. The summed E-state index contributed by atoms with van der Waals surface area (Å²) >= 11 is 6.72. The zero-order valence-corrected chi connectivity index (χ0v) is 12.2. The average molecular weight is 352 g/mol. The quantitative estimate of drug-likeness (QED) is 0.618. The van der Waals surface area contributed by atoms with Crippen molar-refractivity contribution in [3.05, 3.63) is 28.2 Å². The zero-order chi connectivity index (χ0) is 12.1. The maximum absolute atomic E-state index is 11.3. The predicted molar refractivity (Wildman–Crippen MR) is 69.1 cm³/mol. The molecule has 0 saturated carbocycles. The lowest BCUT2D eigenvalue weighted by Crippen LogP contribution is -2.18. The third kappa shape index (κ3) is 3.49. The van der Waals surface area contributed by atoms with Crippen LogP contribution in [0.5, 0.6) is 5.75 Å². The van der Waals surface area contributed by atoms with Crippen molar-refractivity contribution in [2.24, 2.45) is 0 Å². The molecule has 0 fully saturated rings. The van der Waals surface area contributed by atoms with Gasteiger partial charge in [0.2, 0.25) is 0 Å². The molecule has 88 valence electrons. The first-order valence-electron chi connectivity index (χ1n) is 4.62. The number of carbonyl (C=O) groups excluding carboxylic acids is 1. The van der Waals surface area contributed by atoms with E-state index in [0.29, 0.717) is 6.42 Å². The highest BCUT2D eigenvalue weighted by Crippen LogP contribution is 2.25. The smallest absolute Gasteiger partial charge is 0.319 e. The predicted octanol–water partition coefficient (Wildman–Crippen LogP) is 2.94. The minimum absolute atomic E-state index is 0.283. The molecule has 0 saturated heterocycles. The molecule has 0 amide bonds. The van der Waals surface area contributed by atoms with E-state index in [1.807, 2.05) is 18.2 Å². The maximum Gasteiger partial charge on any atom is 0.319 e. The number of alkyl halides is 1. The molecule has 0 aliphatic heterocycles. The van der Waals surface area contributed by atoms with Gasteiger partial charge in [-0.1, -0.05) is 31.9 Å². The van der Waals surface area contributed by atoms with Crippen LogP contribution in [0.25, 0.3) is 0 Å². The molecular formula is C11H12Br2O3. The van der Waals surface area contributed by atoms with Crippen LogP contribution in [0.4, 0.5) is 0 Å². The molecular weight excluding hydrogens is 340 g/mol. The first-order valence-corrected chi connectivity index (χ1v) is 6.33. The number of carbonyl (C=O) groups is 1. The number of hydrogen-bond acceptors (Lipinski definition) is 3. The molecule has 0 aromatic heterocycles. The summed E-state index contributed by atoms with van der Waals surface area (Å²) < 4.78 is 10.7. The molecule has 0 heterocycles. The Labute approximate surface area is 111 Å². The Morgan fingerprint density at radius 2 is 2.12 bits per heavy atom. The second-order valence-corrected chi connectivity index (χ2v) is 5.11. The van der Waals surface area contributed by atoms with Gasteiger partial charge in [-0.3, -0.25) is 4.79 Å². The van der Waals surface area contributed by atoms with Crippen LogP contribution in [-0.4, -0.2) is 25.0 Å². The molecule has 1 aromatic carbocycles. The molecule has 0 bridgehead atoms. The summed E-state index contributed by atoms with van der Waals surface area (Å²) in [6, 6.07) is 5.64. The van der Waals surface area contributed by atoms with Crippen molar-refractivity contribution in [1.29, 1.82) is 0 Å². The van der Waals surface area contributed by atoms with Crippen LogP contribution in [0, 0.1) is 0 Å². The molecule has 3 nitrogen and oxygen atoms in total. The summed E-state index contributed by atoms with van der Waals surface area (Å²) in [4.78, 5) is 10.9. The Hall–Kier alpha value is -0.550. The number of methoxy groups -OCH3 is 2. The second kappa shape index (κ2) is 6.25. The van der Waals surface area contributed by atoms with Crippen molar-refractivity contribution in [2.75, 3.05) is 14.2 Å². The van der Waals surface area contributed by atoms with Gasteiger partial charge in [-0.05, 0) is 30.2 Å². The largest absolute Gasteiger partial charge is 0.497 e. The monoisotopic (exact) mass is 350 g/mol. The van der Waals surface area contributed by atoms with E-state index >= 15 is 0 Å². The normalized spacial score (nSPS) is 12.0. The van der Waals surface area contributed by atoms with E-state index in [2.05, 4.69) is 36.6 Å². The van der Waals surface area contributed by atoms with E-state index in [4.69, 9.17) is 4.74 Å². The molecule has 0 spiro atoms. The minimum Gasteiger partial charge on any atom is -0.497 e. The van der Waals surface area contributed by atoms with Crippen LogP contribution in [0.2, 0.25) is 0 Å². The third-order valence-electron chi connectivity index (χ3n) is 2.11. The van der Waals surface area contributed by atoms with Gasteiger partial charge in [0.15, 0.2) is 0 Å². The SMILES string of the molecule is COC(=O)C(Br)Cc1cc(OC)ccc1Br. The van der Waals surface area contributed by atoms with Gasteiger partial charge >= 0.3 is 5.97 Å². The van der Waals surface area contributed by atoms with Gasteiger partial charge in [-0.15, -0.1) is 0 Å². The molecule has 5 heteroatoms. The van der Waals surface area contributed by atoms with E-state index in [1.54, 1.807) is 7.11 Å². The van der Waals surface area contributed by atoms with Gasteiger partial charge in [-0.2, -0.15) is 0 Å². The van der Waals surface area contributed by atoms with Crippen molar-refractivity contribution in [3.63, 3.8) is 0 Å². The fraction of sp³-hybridized carbons (Fsp3) is 0.364. The van der Waals surface area contributed by atoms with Crippen LogP contribution in [0.3, 0.4) is 0 Å². The molecule has 0 aliphatic rings. The topological polar surface area (TPSA) is 35.5 Å². The minimum atomic E-state index is -0.346. The van der Waals surface area contributed by atoms with Gasteiger partial charge in [0.25, 0.3) is 0 Å². The molecule has 1 unspecified atom stereocenters. The van der Waals surface area contributed by atoms with E-state index < -0.39 is 0 Å². The highest BCUT2D eigenvalue weighted by atomic mass is 79.9. The van der Waals surface area contributed by atoms with Crippen LogP contribution in [0.15, 0.2) is 22.7 Å². The lowest BCUT2D eigenvalue weighted by Gasteiger charge is -2.10. The summed E-state index contributed by atoms with van der Waals surface area (Å²) in [7, 11) is 2.98. The Balaban J connectivity index is 2.83. The first-order chi connectivity index (χ1) is 7.58. The van der Waals surface area contributed by atoms with Crippen molar-refractivity contribution in [1.82, 2.24) is 0 Å². The van der Waals surface area contributed by atoms with Crippen molar-refractivity contribution >= 4 is 37.8 Å². The van der Waals surface area contributed by atoms with Crippen molar-refractivity contribution in [2.45, 2.75) is 11.2 Å². The number of hydrogen-bond donors (Lipinski definition) is 0. The van der Waals surface area contributed by atoms with Crippen molar-refractivity contribution < 1.29 is 14.3 Å². The lowest BCUT2D eigenvalue weighted by molar-refractivity contribution is -0.139. The molecule has 1 atom stereocenters. The fourth-order valence-corrected chi connectivity index (χ4v) is 2.18. The number of rotatable bonds is 4. The Morgan fingerprint density at radius 1 is 1.44 bits per heavy atom. The van der Waals surface area contributed by atoms with Gasteiger partial charge in [0.05, 0.1) is 14.2 Å². The van der Waals surface area contributed by atoms with Crippen LogP contribution < -0.4 is 4.74 Å². The maximum atomic E-state index is 11.3. The number of benzene rings is 1. The Bertz CT molecular complexity index is 379. The van der Waals surface area contributed by atoms with E-state index in [-0.39, 0.29) is 10.8 Å². The van der Waals surface area contributed by atoms with Crippen molar-refractivity contribution in [3.8, 4) is 5.75 Å². The Kier molecular flexibility index (Phi) is 5.28. The summed E-state index contributed by atoms with van der Waals surface area (Å²) in [5.74, 6) is 0.484. The molecule has 0 aliphatic carbocycles. The molecule has 16 heavy (non-hydrogen) atoms. The molecule has 0 radical (unpaired) electrons. The summed E-state index contributed by atoms with van der Waals surface area (Å²) in [5, 5.41) is 0. The first kappa shape index (κ1) is 13.5. The second-order valence-electron chi connectivity index (χ2n) is 3.15. The van der Waals surface area contributed by atoms with Gasteiger partial charge < -0.3 is 9.47 Å². The van der Waals surface area contributed by atoms with E-state index in [0.717, 1.165) is 15.8 Å². The number of esters is 1. The Morgan fingerprint density at radius 3 is 2.69 bits per heavy atom. The average Bonchev–Trinajstić information content (AvgIpc) is 2.30. The van der Waals surface area contributed by atoms with E-state index in [9.17, 15) is 4.79 Å². The number of ether oxygens (including phenoxy) is 2. The van der Waals surface area contributed by atoms with Crippen LogP contribution >= 0.6 is 31.9 Å². The summed E-state index contributed by atoms with van der Waals surface area (Å²) in [6.45, 7) is 0. The fourth-order valence-electron chi connectivity index (χ4n) is 1.24. The standard InChI is InChI=1S/C11H12Br2O3/c1-15-8-3-4-9(12)7(5-8)6-10(13)11(14)16-2/h3-5,10H,6H2,1-2H3. The lowest BCUT2D eigenvalue weighted by atomic mass is 10.1. The van der Waals surface area contributed by atoms with Gasteiger partial charge in [0, 0.05) is 4.47 Å². The molecule has 1 rings (SSSR count). The van der Waals surface area contributed by atoms with E-state index in [1.165, 1.54) is 7.11 Å². The molecule has 0 N–H and O–H groups in total. The van der Waals surface area contributed by atoms with Gasteiger partial charge in [-0.25, -0.2) is 0 Å². The number of halogens is 2. The summed E-state index contributed by atoms with van der Waals surface area (Å²) in [6.07, 6.45) is 0.546. The van der Waals surface area contributed by atoms with Crippen LogP contribution in [0.1, 0.15) is 5.56 Å². The highest BCUT2D eigenvalue weighted by molar-refractivity contribution is 9.10. The van der Waals surface area contributed by atoms with Gasteiger partial charge in [0.1, 0.15) is 10.6 Å². The van der Waals surface area contributed by atoms with Crippen LogP contribution in [-0.2, 0) is 16.0 Å². The third-order valence-corrected chi connectivity index (χ3v) is 3.58. The zero-order valence-electron chi connectivity index (χ0n) is 9.00. The summed E-state index contributed by atoms with van der Waals surface area (Å²) in [5.41, 5.74) is 0.992.